The minimum absolute atomic E-state index is 0.0575. The number of hydrogen-bond acceptors (Lipinski definition) is 2. The van der Waals surface area contributed by atoms with Crippen molar-refractivity contribution in [2.75, 3.05) is 7.11 Å². The van der Waals surface area contributed by atoms with Gasteiger partial charge in [0.2, 0.25) is 0 Å². The van der Waals surface area contributed by atoms with Crippen molar-refractivity contribution in [3.8, 4) is 17.6 Å². The van der Waals surface area contributed by atoms with Crippen LogP contribution in [-0.4, -0.2) is 12.9 Å². The molecule has 0 heterocycles. The van der Waals surface area contributed by atoms with E-state index in [0.717, 1.165) is 0 Å². The van der Waals surface area contributed by atoms with Crippen LogP contribution in [0, 0.1) is 11.8 Å². The van der Waals surface area contributed by atoms with E-state index < -0.39 is 0 Å². The van der Waals surface area contributed by atoms with Crippen molar-refractivity contribution in [3.05, 3.63) is 28.8 Å². The molecule has 0 atom stereocenters. The topological polar surface area (TPSA) is 26.3 Å². The van der Waals surface area contributed by atoms with E-state index in [9.17, 15) is 4.79 Å². The molecule has 0 N–H and O–H groups in total. The number of hydrogen-bond donors (Lipinski definition) is 0. The molecule has 15 heavy (non-hydrogen) atoms. The van der Waals surface area contributed by atoms with Gasteiger partial charge in [0, 0.05) is 5.02 Å². The average Bonchev–Trinajstić information content (AvgIpc) is 2.25. The molecule has 2 nitrogen and oxygen atoms in total. The van der Waals surface area contributed by atoms with Gasteiger partial charge in [-0.1, -0.05) is 17.5 Å². The highest BCUT2D eigenvalue weighted by Gasteiger charge is 2.11. The maximum Gasteiger partial charge on any atom is 0.178 e. The zero-order chi connectivity index (χ0) is 11.3. The summed E-state index contributed by atoms with van der Waals surface area (Å²) in [5.41, 5.74) is 0.518. The quantitative estimate of drug-likeness (QED) is 0.581. The summed E-state index contributed by atoms with van der Waals surface area (Å²) in [4.78, 5) is 11.7. The zero-order valence-corrected chi connectivity index (χ0v) is 9.39. The maximum atomic E-state index is 11.7. The molecule has 0 spiro atoms. The molecule has 0 saturated carbocycles. The summed E-state index contributed by atoms with van der Waals surface area (Å²) >= 11 is 5.79. The van der Waals surface area contributed by atoms with E-state index in [1.165, 1.54) is 7.11 Å². The van der Waals surface area contributed by atoms with Gasteiger partial charge in [-0.05, 0) is 25.1 Å². The average molecular weight is 223 g/mol. The van der Waals surface area contributed by atoms with Crippen LogP contribution in [0.3, 0.4) is 0 Å². The second-order valence-electron chi connectivity index (χ2n) is 2.87. The second-order valence-corrected chi connectivity index (χ2v) is 3.31. The Bertz CT molecular complexity index is 427. The summed E-state index contributed by atoms with van der Waals surface area (Å²) < 4.78 is 5.07. The molecule has 0 saturated heterocycles. The van der Waals surface area contributed by atoms with Gasteiger partial charge in [0.25, 0.3) is 0 Å². The molecule has 0 radical (unpaired) electrons. The molecule has 1 rings (SSSR count). The third-order valence-corrected chi connectivity index (χ3v) is 2.12. The summed E-state index contributed by atoms with van der Waals surface area (Å²) in [5, 5.41) is 0.546. The summed E-state index contributed by atoms with van der Waals surface area (Å²) in [7, 11) is 1.51. The highest BCUT2D eigenvalue weighted by molar-refractivity contribution is 6.30. The highest BCUT2D eigenvalue weighted by atomic mass is 35.5. The fourth-order valence-corrected chi connectivity index (χ4v) is 1.32. The molecule has 1 aromatic rings. The first-order valence-corrected chi connectivity index (χ1v) is 4.83. The molecule has 0 bridgehead atoms. The molecule has 3 heteroatoms. The van der Waals surface area contributed by atoms with Gasteiger partial charge in [0.15, 0.2) is 5.78 Å². The fourth-order valence-electron chi connectivity index (χ4n) is 1.16. The molecule has 0 aliphatic rings. The standard InChI is InChI=1S/C12H11ClO2/c1-3-4-5-11(14)10-7-6-9(13)8-12(10)15-2/h6-8H,5H2,1-2H3. The Hall–Kier alpha value is -1.46. The van der Waals surface area contributed by atoms with E-state index in [-0.39, 0.29) is 12.2 Å². The number of ether oxygens (including phenoxy) is 1. The zero-order valence-electron chi connectivity index (χ0n) is 8.63. The monoisotopic (exact) mass is 222 g/mol. The normalized spacial score (nSPS) is 9.00. The number of Topliss-reactive ketones (excluding diaryl/α,β-unsaturated/α-hetero) is 1. The first-order chi connectivity index (χ1) is 7.19. The van der Waals surface area contributed by atoms with Crippen LogP contribution in [0.25, 0.3) is 0 Å². The molecule has 0 aliphatic carbocycles. The third-order valence-electron chi connectivity index (χ3n) is 1.89. The number of rotatable bonds is 3. The summed E-state index contributed by atoms with van der Waals surface area (Å²) in [6, 6.07) is 4.94. The smallest absolute Gasteiger partial charge is 0.178 e. The number of carbonyl (C=O) groups is 1. The van der Waals surface area contributed by atoms with Crippen molar-refractivity contribution < 1.29 is 9.53 Å². The first kappa shape index (κ1) is 11.6. The lowest BCUT2D eigenvalue weighted by Crippen LogP contribution is -2.00. The Morgan fingerprint density at radius 3 is 2.87 bits per heavy atom. The maximum absolute atomic E-state index is 11.7. The van der Waals surface area contributed by atoms with Crippen LogP contribution in [0.1, 0.15) is 23.7 Å². The number of ketones is 1. The predicted molar refractivity (Wildman–Crippen MR) is 60.4 cm³/mol. The van der Waals surface area contributed by atoms with Crippen molar-refractivity contribution in [1.29, 1.82) is 0 Å². The van der Waals surface area contributed by atoms with Gasteiger partial charge in [-0.2, -0.15) is 0 Å². The molecular weight excluding hydrogens is 212 g/mol. The molecule has 0 fully saturated rings. The molecule has 0 aromatic heterocycles. The van der Waals surface area contributed by atoms with Crippen molar-refractivity contribution in [1.82, 2.24) is 0 Å². The van der Waals surface area contributed by atoms with E-state index in [1.54, 1.807) is 25.1 Å². The highest BCUT2D eigenvalue weighted by Crippen LogP contribution is 2.24. The van der Waals surface area contributed by atoms with Gasteiger partial charge >= 0.3 is 0 Å². The molecular formula is C12H11ClO2. The molecule has 0 amide bonds. The van der Waals surface area contributed by atoms with Gasteiger partial charge in [-0.25, -0.2) is 0 Å². The lowest BCUT2D eigenvalue weighted by molar-refractivity contribution is 0.0995. The van der Waals surface area contributed by atoms with Crippen molar-refractivity contribution in [2.45, 2.75) is 13.3 Å². The van der Waals surface area contributed by atoms with Crippen molar-refractivity contribution >= 4 is 17.4 Å². The minimum atomic E-state index is -0.0575. The van der Waals surface area contributed by atoms with Gasteiger partial charge in [0.1, 0.15) is 5.75 Å². The molecule has 0 unspecified atom stereocenters. The lowest BCUT2D eigenvalue weighted by Gasteiger charge is -2.06. The van der Waals surface area contributed by atoms with Gasteiger partial charge < -0.3 is 4.74 Å². The van der Waals surface area contributed by atoms with E-state index in [2.05, 4.69) is 11.8 Å². The van der Waals surface area contributed by atoms with Crippen LogP contribution >= 0.6 is 11.6 Å². The minimum Gasteiger partial charge on any atom is -0.496 e. The summed E-state index contributed by atoms with van der Waals surface area (Å²) in [6.07, 6.45) is 0.203. The second kappa shape index (κ2) is 5.43. The molecule has 0 aliphatic heterocycles. The number of carbonyl (C=O) groups excluding carboxylic acids is 1. The lowest BCUT2D eigenvalue weighted by atomic mass is 10.1. The van der Waals surface area contributed by atoms with Gasteiger partial charge in [-0.15, -0.1) is 5.92 Å². The van der Waals surface area contributed by atoms with E-state index in [4.69, 9.17) is 16.3 Å². The van der Waals surface area contributed by atoms with Crippen molar-refractivity contribution in [2.24, 2.45) is 0 Å². The Morgan fingerprint density at radius 2 is 2.27 bits per heavy atom. The largest absolute Gasteiger partial charge is 0.496 e. The van der Waals surface area contributed by atoms with E-state index >= 15 is 0 Å². The molecule has 78 valence electrons. The Morgan fingerprint density at radius 1 is 1.53 bits per heavy atom. The number of methoxy groups -OCH3 is 1. The Labute approximate surface area is 94.2 Å². The SMILES string of the molecule is CC#CCC(=O)c1ccc(Cl)cc1OC. The Kier molecular flexibility index (Phi) is 4.20. The van der Waals surface area contributed by atoms with Crippen molar-refractivity contribution in [3.63, 3.8) is 0 Å². The van der Waals surface area contributed by atoms with Crippen LogP contribution in [0.15, 0.2) is 18.2 Å². The summed E-state index contributed by atoms with van der Waals surface area (Å²) in [6.45, 7) is 1.70. The third kappa shape index (κ3) is 3.00. The fraction of sp³-hybridized carbons (Fsp3) is 0.250. The van der Waals surface area contributed by atoms with Crippen LogP contribution in [-0.2, 0) is 0 Å². The van der Waals surface area contributed by atoms with Crippen LogP contribution in [0.4, 0.5) is 0 Å². The molecule has 1 aromatic carbocycles. The Balaban J connectivity index is 3.01. The van der Waals surface area contributed by atoms with Gasteiger partial charge in [-0.3, -0.25) is 4.79 Å². The predicted octanol–water partition coefficient (Wildman–Crippen LogP) is 2.94. The number of halogens is 1. The van der Waals surface area contributed by atoms with Gasteiger partial charge in [0.05, 0.1) is 19.1 Å². The van der Waals surface area contributed by atoms with E-state index in [0.29, 0.717) is 16.3 Å². The van der Waals surface area contributed by atoms with Crippen LogP contribution in [0.5, 0.6) is 5.75 Å². The number of benzene rings is 1. The van der Waals surface area contributed by atoms with Crippen LogP contribution in [0.2, 0.25) is 5.02 Å². The van der Waals surface area contributed by atoms with E-state index in [1.807, 2.05) is 0 Å². The van der Waals surface area contributed by atoms with Crippen LogP contribution < -0.4 is 4.74 Å². The summed E-state index contributed by atoms with van der Waals surface area (Å²) in [5.74, 6) is 5.84. The first-order valence-electron chi connectivity index (χ1n) is 4.45.